The third-order valence-corrected chi connectivity index (χ3v) is 7.08. The minimum atomic E-state index is -1.33. The lowest BCUT2D eigenvalue weighted by Gasteiger charge is -2.36. The molecule has 6 heteroatoms. The van der Waals surface area contributed by atoms with Gasteiger partial charge in [-0.3, -0.25) is 9.00 Å². The monoisotopic (exact) mass is 388 g/mol. The summed E-state index contributed by atoms with van der Waals surface area (Å²) < 4.78 is 12.6. The molecule has 0 amide bonds. The van der Waals surface area contributed by atoms with E-state index in [1.807, 2.05) is 18.2 Å². The van der Waals surface area contributed by atoms with Crippen LogP contribution in [0.4, 0.5) is 0 Å². The molecule has 0 spiro atoms. The van der Waals surface area contributed by atoms with Gasteiger partial charge in [-0.15, -0.1) is 0 Å². The molecule has 0 aromatic heterocycles. The molecular formula is C21H24O5S. The van der Waals surface area contributed by atoms with Crippen molar-refractivity contribution in [2.24, 2.45) is 5.92 Å². The molecule has 0 aliphatic heterocycles. The fourth-order valence-electron chi connectivity index (χ4n) is 3.78. The number of hydrogen-bond donors (Lipinski definition) is 3. The van der Waals surface area contributed by atoms with Gasteiger partial charge in [0.2, 0.25) is 11.2 Å². The average Bonchev–Trinajstić information content (AvgIpc) is 2.73. The number of aliphatic hydroxyl groups is 1. The van der Waals surface area contributed by atoms with Crippen LogP contribution in [0, 0.1) is 12.8 Å². The van der Waals surface area contributed by atoms with Gasteiger partial charge in [-0.2, -0.15) is 0 Å². The predicted octanol–water partition coefficient (Wildman–Crippen LogP) is 2.43. The SMILES string of the molecule is Cc1cc(=O)c(O)c(O)c2c1C[C@@H](C(C)(O)CS(=O)c1ccccc1)CC2. The van der Waals surface area contributed by atoms with Crippen molar-refractivity contribution in [3.05, 3.63) is 63.3 Å². The van der Waals surface area contributed by atoms with Crippen LogP contribution in [0.15, 0.2) is 46.1 Å². The van der Waals surface area contributed by atoms with E-state index in [-0.39, 0.29) is 17.4 Å². The maximum atomic E-state index is 12.6. The normalized spacial score (nSPS) is 19.7. The van der Waals surface area contributed by atoms with E-state index in [1.54, 1.807) is 26.0 Å². The van der Waals surface area contributed by atoms with Crippen molar-refractivity contribution < 1.29 is 19.5 Å². The van der Waals surface area contributed by atoms with Gasteiger partial charge in [-0.25, -0.2) is 0 Å². The zero-order valence-corrected chi connectivity index (χ0v) is 16.3. The Balaban J connectivity index is 1.89. The second-order valence-corrected chi connectivity index (χ2v) is 8.90. The summed E-state index contributed by atoms with van der Waals surface area (Å²) in [5.41, 5.74) is 0.218. The summed E-state index contributed by atoms with van der Waals surface area (Å²) in [7, 11) is -1.33. The van der Waals surface area contributed by atoms with Gasteiger partial charge in [0.25, 0.3) is 0 Å². The van der Waals surface area contributed by atoms with Gasteiger partial charge in [0.15, 0.2) is 5.75 Å². The summed E-state index contributed by atoms with van der Waals surface area (Å²) in [5, 5.41) is 31.2. The lowest BCUT2D eigenvalue weighted by atomic mass is 9.75. The van der Waals surface area contributed by atoms with Crippen molar-refractivity contribution in [3.8, 4) is 11.5 Å². The first-order valence-corrected chi connectivity index (χ1v) is 10.3. The number of aryl methyl sites for hydroxylation is 1. The van der Waals surface area contributed by atoms with Crippen molar-refractivity contribution in [2.75, 3.05) is 5.75 Å². The first-order valence-electron chi connectivity index (χ1n) is 8.94. The first kappa shape index (κ1) is 19.6. The summed E-state index contributed by atoms with van der Waals surface area (Å²) in [6.45, 7) is 3.45. The summed E-state index contributed by atoms with van der Waals surface area (Å²) in [6.07, 6.45) is 1.44. The van der Waals surface area contributed by atoms with Crippen LogP contribution in [0.25, 0.3) is 0 Å². The van der Waals surface area contributed by atoms with Crippen molar-refractivity contribution in [3.63, 3.8) is 0 Å². The molecule has 1 aliphatic carbocycles. The van der Waals surface area contributed by atoms with E-state index in [9.17, 15) is 24.3 Å². The molecule has 0 fully saturated rings. The van der Waals surface area contributed by atoms with Gasteiger partial charge < -0.3 is 15.3 Å². The first-order chi connectivity index (χ1) is 12.7. The molecular weight excluding hydrogens is 364 g/mol. The molecule has 1 aliphatic rings. The smallest absolute Gasteiger partial charge is 0.224 e. The maximum absolute atomic E-state index is 12.6. The standard InChI is InChI=1S/C21H24O5S/c1-13-10-18(22)20(24)19(23)16-9-8-14(11-17(13)16)21(2,25)12-27(26)15-6-4-3-5-7-15/h3-7,10,14,25H,8-9,11-12H2,1-2H3,(H2,22,23,24)/t14-,21?,27?/m0/s1. The molecule has 3 atom stereocenters. The van der Waals surface area contributed by atoms with Crippen LogP contribution in [0.3, 0.4) is 0 Å². The third kappa shape index (κ3) is 3.92. The molecule has 5 nitrogen and oxygen atoms in total. The van der Waals surface area contributed by atoms with Crippen LogP contribution in [0.1, 0.15) is 30.0 Å². The van der Waals surface area contributed by atoms with E-state index in [1.165, 1.54) is 6.07 Å². The molecule has 144 valence electrons. The fraction of sp³-hybridized carbons (Fsp3) is 0.381. The van der Waals surface area contributed by atoms with Gasteiger partial charge in [-0.1, -0.05) is 18.2 Å². The highest BCUT2D eigenvalue weighted by molar-refractivity contribution is 7.85. The van der Waals surface area contributed by atoms with Gasteiger partial charge in [-0.05, 0) is 68.4 Å². The third-order valence-electron chi connectivity index (χ3n) is 5.43. The average molecular weight is 388 g/mol. The molecule has 2 aromatic carbocycles. The van der Waals surface area contributed by atoms with Crippen LogP contribution >= 0.6 is 0 Å². The molecule has 0 heterocycles. The Labute approximate surface area is 160 Å². The minimum Gasteiger partial charge on any atom is -0.504 e. The van der Waals surface area contributed by atoms with Crippen LogP contribution in [-0.4, -0.2) is 30.9 Å². The molecule has 0 radical (unpaired) electrons. The Morgan fingerprint density at radius 1 is 1.15 bits per heavy atom. The van der Waals surface area contributed by atoms with Gasteiger partial charge in [0.1, 0.15) is 0 Å². The van der Waals surface area contributed by atoms with Gasteiger partial charge in [0, 0.05) is 10.5 Å². The number of aromatic hydroxyl groups is 2. The second kappa shape index (κ2) is 7.44. The highest BCUT2D eigenvalue weighted by Gasteiger charge is 2.37. The Kier molecular flexibility index (Phi) is 5.40. The van der Waals surface area contributed by atoms with E-state index in [0.717, 1.165) is 5.56 Å². The van der Waals surface area contributed by atoms with E-state index in [2.05, 4.69) is 0 Å². The molecule has 0 saturated carbocycles. The zero-order chi connectivity index (χ0) is 19.8. The molecule has 2 aromatic rings. The highest BCUT2D eigenvalue weighted by atomic mass is 32.2. The van der Waals surface area contributed by atoms with Crippen molar-refractivity contribution in [1.82, 2.24) is 0 Å². The van der Waals surface area contributed by atoms with Gasteiger partial charge >= 0.3 is 0 Å². The Morgan fingerprint density at radius 2 is 1.81 bits per heavy atom. The van der Waals surface area contributed by atoms with Crippen LogP contribution in [-0.2, 0) is 23.6 Å². The molecule has 27 heavy (non-hydrogen) atoms. The molecule has 0 bridgehead atoms. The van der Waals surface area contributed by atoms with Crippen molar-refractivity contribution >= 4 is 10.8 Å². The predicted molar refractivity (Wildman–Crippen MR) is 105 cm³/mol. The summed E-state index contributed by atoms with van der Waals surface area (Å²) in [4.78, 5) is 12.6. The Morgan fingerprint density at radius 3 is 2.48 bits per heavy atom. The summed E-state index contributed by atoms with van der Waals surface area (Å²) in [5.74, 6) is -1.06. The largest absolute Gasteiger partial charge is 0.504 e. The number of fused-ring (bicyclic) bond motifs is 1. The van der Waals surface area contributed by atoms with Crippen LogP contribution < -0.4 is 5.43 Å². The molecule has 2 unspecified atom stereocenters. The number of hydrogen-bond acceptors (Lipinski definition) is 5. The van der Waals surface area contributed by atoms with Crippen molar-refractivity contribution in [2.45, 2.75) is 43.6 Å². The maximum Gasteiger partial charge on any atom is 0.224 e. The Hall–Kier alpha value is -2.18. The minimum absolute atomic E-state index is 0.110. The fourth-order valence-corrected chi connectivity index (χ4v) is 5.18. The van der Waals surface area contributed by atoms with Crippen LogP contribution in [0.2, 0.25) is 0 Å². The summed E-state index contributed by atoms with van der Waals surface area (Å²) in [6, 6.07) is 10.4. The van der Waals surface area contributed by atoms with E-state index >= 15 is 0 Å². The lowest BCUT2D eigenvalue weighted by molar-refractivity contribution is 0.0147. The molecule has 0 saturated heterocycles. The van der Waals surface area contributed by atoms with E-state index < -0.39 is 27.6 Å². The highest BCUT2D eigenvalue weighted by Crippen LogP contribution is 2.39. The molecule has 3 N–H and O–H groups in total. The van der Waals surface area contributed by atoms with Crippen molar-refractivity contribution in [1.29, 1.82) is 0 Å². The van der Waals surface area contributed by atoms with Gasteiger partial charge in [0.05, 0.1) is 22.2 Å². The number of rotatable bonds is 4. The lowest BCUT2D eigenvalue weighted by Crippen LogP contribution is -2.42. The summed E-state index contributed by atoms with van der Waals surface area (Å²) >= 11 is 0. The van der Waals surface area contributed by atoms with Crippen LogP contribution in [0.5, 0.6) is 11.5 Å². The molecule has 3 rings (SSSR count). The number of benzene rings is 1. The topological polar surface area (TPSA) is 94.8 Å². The Bertz CT molecular complexity index is 937. The zero-order valence-electron chi connectivity index (χ0n) is 15.4. The quantitative estimate of drug-likeness (QED) is 0.748. The second-order valence-electron chi connectivity index (χ2n) is 7.45. The van der Waals surface area contributed by atoms with E-state index in [4.69, 9.17) is 0 Å². The van der Waals surface area contributed by atoms with E-state index in [0.29, 0.717) is 35.3 Å².